The van der Waals surface area contributed by atoms with Crippen molar-refractivity contribution in [2.45, 2.75) is 64.7 Å². The number of nitrogens with zero attached hydrogens (tertiary/aromatic N) is 3. The highest BCUT2D eigenvalue weighted by atomic mass is 16.6. The Morgan fingerprint density at radius 2 is 0.875 bits per heavy atom. The molecule has 1 aliphatic carbocycles. The fraction of sp³-hybridized carbons (Fsp3) is 0.654. The van der Waals surface area contributed by atoms with E-state index >= 15 is 0 Å². The average Bonchev–Trinajstić information content (AvgIpc) is 3.70. The van der Waals surface area contributed by atoms with Gasteiger partial charge in [-0.15, -0.1) is 0 Å². The van der Waals surface area contributed by atoms with E-state index < -0.39 is 23.8 Å². The van der Waals surface area contributed by atoms with Gasteiger partial charge in [-0.2, -0.15) is 0 Å². The predicted octanol–water partition coefficient (Wildman–Crippen LogP) is 4.24. The molecule has 0 saturated heterocycles. The van der Waals surface area contributed by atoms with E-state index in [2.05, 4.69) is 17.4 Å². The molecule has 0 atom stereocenters. The highest BCUT2D eigenvalue weighted by Crippen LogP contribution is 2.44. The van der Waals surface area contributed by atoms with Gasteiger partial charge in [0.05, 0.1) is 125 Å². The van der Waals surface area contributed by atoms with Crippen LogP contribution in [0.5, 0.6) is 0 Å². The van der Waals surface area contributed by atoms with Crippen molar-refractivity contribution in [3.63, 3.8) is 0 Å². The fourth-order valence-electron chi connectivity index (χ4n) is 6.95. The van der Waals surface area contributed by atoms with E-state index in [1.165, 1.54) is 14.7 Å². The summed E-state index contributed by atoms with van der Waals surface area (Å²) in [5.74, 6) is -1.88. The Bertz CT molecular complexity index is 1760. The number of hydrogen-bond donors (Lipinski definition) is 1. The van der Waals surface area contributed by atoms with E-state index in [0.717, 1.165) is 47.9 Å². The van der Waals surface area contributed by atoms with Gasteiger partial charge in [-0.05, 0) is 35.1 Å². The van der Waals surface area contributed by atoms with E-state index in [1.54, 1.807) is 14.1 Å². The average molecular weight is 1020 g/mol. The van der Waals surface area contributed by atoms with Crippen LogP contribution < -0.4 is 5.32 Å². The van der Waals surface area contributed by atoms with E-state index in [4.69, 9.17) is 47.4 Å². The van der Waals surface area contributed by atoms with Crippen LogP contribution in [0.3, 0.4) is 0 Å². The first-order valence-electron chi connectivity index (χ1n) is 25.3. The molecule has 0 saturated carbocycles. The number of alkyl carbamates (subject to hydrolysis) is 1. The van der Waals surface area contributed by atoms with Crippen LogP contribution in [-0.2, 0) is 71.3 Å². The Balaban J connectivity index is 1.35. The molecule has 1 N–H and O–H groups in total. The maximum Gasteiger partial charge on any atom is 0.407 e. The zero-order chi connectivity index (χ0) is 52.0. The molecule has 0 spiro atoms. The van der Waals surface area contributed by atoms with Crippen molar-refractivity contribution in [1.82, 2.24) is 20.0 Å². The quantitative estimate of drug-likeness (QED) is 0.0559. The Labute approximate surface area is 425 Å². The molecule has 2 aromatic rings. The number of nitrogens with one attached hydrogen (secondary N) is 1. The van der Waals surface area contributed by atoms with Crippen molar-refractivity contribution in [2.75, 3.05) is 159 Å². The molecule has 20 nitrogen and oxygen atoms in total. The smallest absolute Gasteiger partial charge is 0.407 e. The largest absolute Gasteiger partial charge is 0.466 e. The summed E-state index contributed by atoms with van der Waals surface area (Å²) in [6.07, 6.45) is 3.27. The maximum atomic E-state index is 13.5. The van der Waals surface area contributed by atoms with Gasteiger partial charge in [0.2, 0.25) is 17.7 Å². The van der Waals surface area contributed by atoms with Gasteiger partial charge in [0.25, 0.3) is 0 Å². The van der Waals surface area contributed by atoms with Gasteiger partial charge in [-0.1, -0.05) is 75.2 Å². The molecular weight excluding hydrogens is 937 g/mol. The zero-order valence-corrected chi connectivity index (χ0v) is 43.1. The third-order valence-corrected chi connectivity index (χ3v) is 11.2. The molecule has 404 valence electrons. The number of rotatable bonds is 42. The number of unbranched alkanes of at least 4 members (excludes halogenated alkanes) is 2. The molecule has 0 bridgehead atoms. The molecule has 0 heterocycles. The second kappa shape index (κ2) is 38.4. The van der Waals surface area contributed by atoms with Gasteiger partial charge in [0, 0.05) is 39.6 Å². The fourth-order valence-corrected chi connectivity index (χ4v) is 6.95. The first-order chi connectivity index (χ1) is 35.0. The Hall–Kier alpha value is -5.22. The lowest BCUT2D eigenvalue weighted by Crippen LogP contribution is -2.47. The van der Waals surface area contributed by atoms with E-state index in [-0.39, 0.29) is 129 Å². The summed E-state index contributed by atoms with van der Waals surface area (Å²) in [5.41, 5.74) is 4.49. The summed E-state index contributed by atoms with van der Waals surface area (Å²) in [6, 6.07) is 16.2. The molecule has 1 aliphatic rings. The number of carbonyl (C=O) groups excluding carboxylic acids is 6. The highest BCUT2D eigenvalue weighted by molar-refractivity contribution is 5.89. The van der Waals surface area contributed by atoms with E-state index in [9.17, 15) is 28.8 Å². The van der Waals surface area contributed by atoms with Crippen LogP contribution in [-0.4, -0.2) is 210 Å². The van der Waals surface area contributed by atoms with Gasteiger partial charge in [-0.25, -0.2) is 4.79 Å². The number of fused-ring (bicyclic) bond motifs is 3. The van der Waals surface area contributed by atoms with Crippen molar-refractivity contribution < 1.29 is 76.1 Å². The molecule has 0 fully saturated rings. The molecular formula is C52H80N4O16. The topological polar surface area (TPSA) is 216 Å². The number of ether oxygens (including phenoxy) is 10. The van der Waals surface area contributed by atoms with Crippen LogP contribution in [0.15, 0.2) is 48.5 Å². The van der Waals surface area contributed by atoms with Gasteiger partial charge in [0.15, 0.2) is 0 Å². The monoisotopic (exact) mass is 1020 g/mol. The summed E-state index contributed by atoms with van der Waals surface area (Å²) in [6.45, 7) is 8.49. The first-order valence-corrected chi connectivity index (χ1v) is 25.3. The van der Waals surface area contributed by atoms with Crippen molar-refractivity contribution in [1.29, 1.82) is 0 Å². The molecule has 3 rings (SSSR count). The third kappa shape index (κ3) is 25.9. The Kier molecular flexibility index (Phi) is 32.6. The molecule has 4 amide bonds. The number of hydrogen-bond acceptors (Lipinski definition) is 16. The Morgan fingerprint density at radius 3 is 1.33 bits per heavy atom. The highest BCUT2D eigenvalue weighted by Gasteiger charge is 2.29. The number of benzene rings is 2. The van der Waals surface area contributed by atoms with Crippen molar-refractivity contribution in [3.8, 4) is 11.1 Å². The Morgan fingerprint density at radius 1 is 0.472 bits per heavy atom. The van der Waals surface area contributed by atoms with Crippen molar-refractivity contribution in [2.24, 2.45) is 0 Å². The van der Waals surface area contributed by atoms with Gasteiger partial charge in [0.1, 0.15) is 19.7 Å². The predicted molar refractivity (Wildman–Crippen MR) is 266 cm³/mol. The SMILES string of the molecule is CCCCOC(=O)CCOCCOCCOCCN(C)C(=O)CN(CC(=O)N(C)CCOCCOCCOCCC(=O)OCCCC)C(=O)CCOCCNC(=O)OCC1c2ccccc2-c2ccccc21. The summed E-state index contributed by atoms with van der Waals surface area (Å²) in [7, 11) is 3.18. The number of likely N-dealkylation sites (N-methyl/N-ethyl adjacent to an activating group) is 2. The molecule has 0 aliphatic heterocycles. The molecule has 0 unspecified atom stereocenters. The first kappa shape index (κ1) is 61.1. The number of esters is 2. The minimum absolute atomic E-state index is 0.0125. The summed E-state index contributed by atoms with van der Waals surface area (Å²) in [5, 5.41) is 2.69. The lowest BCUT2D eigenvalue weighted by molar-refractivity contribution is -0.146. The molecule has 72 heavy (non-hydrogen) atoms. The summed E-state index contributed by atoms with van der Waals surface area (Å²) >= 11 is 0. The second-order valence-corrected chi connectivity index (χ2v) is 16.8. The molecule has 2 aromatic carbocycles. The van der Waals surface area contributed by atoms with Crippen LogP contribution in [0.4, 0.5) is 4.79 Å². The molecule has 0 aromatic heterocycles. The summed E-state index contributed by atoms with van der Waals surface area (Å²) < 4.78 is 54.5. The maximum absolute atomic E-state index is 13.5. The second-order valence-electron chi connectivity index (χ2n) is 16.8. The van der Waals surface area contributed by atoms with Gasteiger partial charge < -0.3 is 67.4 Å². The molecule has 0 radical (unpaired) electrons. The molecule has 20 heteroatoms. The van der Waals surface area contributed by atoms with Crippen LogP contribution in [0.25, 0.3) is 11.1 Å². The van der Waals surface area contributed by atoms with Crippen LogP contribution >= 0.6 is 0 Å². The third-order valence-electron chi connectivity index (χ3n) is 11.2. The van der Waals surface area contributed by atoms with Crippen LogP contribution in [0.1, 0.15) is 75.8 Å². The van der Waals surface area contributed by atoms with Crippen molar-refractivity contribution in [3.05, 3.63) is 59.7 Å². The normalized spacial score (nSPS) is 11.7. The number of carbonyl (C=O) groups is 6. The zero-order valence-electron chi connectivity index (χ0n) is 43.1. The van der Waals surface area contributed by atoms with E-state index in [0.29, 0.717) is 52.9 Å². The van der Waals surface area contributed by atoms with Crippen molar-refractivity contribution >= 4 is 35.8 Å². The summed E-state index contributed by atoms with van der Waals surface area (Å²) in [4.78, 5) is 80.1. The lowest BCUT2D eigenvalue weighted by atomic mass is 9.98. The standard InChI is InChI=1S/C52H80N4O16/c1-5-7-23-70-50(60)18-26-64-31-35-68-37-33-66-29-21-54(3)48(58)39-56(40-49(59)55(4)22-30-67-34-38-69-36-32-65-27-19-51(61)71-24-8-6-2)47(57)17-25-63-28-20-53-52(62)72-41-46-44-15-11-9-13-42(44)43-14-10-12-16-45(43)46/h9-16,46H,5-8,17-41H2,1-4H3,(H,53,62). The number of amides is 4. The van der Waals surface area contributed by atoms with Gasteiger partial charge >= 0.3 is 18.0 Å². The van der Waals surface area contributed by atoms with Crippen LogP contribution in [0, 0.1) is 0 Å². The van der Waals surface area contributed by atoms with Crippen LogP contribution in [0.2, 0.25) is 0 Å². The minimum Gasteiger partial charge on any atom is -0.466 e. The lowest BCUT2D eigenvalue weighted by Gasteiger charge is -2.27. The minimum atomic E-state index is -0.585. The van der Waals surface area contributed by atoms with E-state index in [1.807, 2.05) is 50.2 Å². The van der Waals surface area contributed by atoms with Gasteiger partial charge in [-0.3, -0.25) is 24.0 Å².